The van der Waals surface area contributed by atoms with E-state index < -0.39 is 7.59 Å². The Bertz CT molecular complexity index is 93.0. The highest BCUT2D eigenvalue weighted by molar-refractivity contribution is 8.11. The molecule has 0 atom stereocenters. The molecule has 1 aliphatic rings. The van der Waals surface area contributed by atoms with Crippen LogP contribution in [0.1, 0.15) is 0 Å². The zero-order valence-corrected chi connectivity index (χ0v) is 4.55. The van der Waals surface area contributed by atoms with Gasteiger partial charge in [0, 0.05) is 12.1 Å². The van der Waals surface area contributed by atoms with Gasteiger partial charge in [-0.1, -0.05) is 0 Å². The maximum absolute atomic E-state index is 10.2. The summed E-state index contributed by atoms with van der Waals surface area (Å²) in [6.45, 7) is 0. The number of hydrogen-bond donors (Lipinski definition) is 3. The quantitative estimate of drug-likeness (QED) is 0.309. The van der Waals surface area contributed by atoms with Crippen molar-refractivity contribution in [3.05, 3.63) is 0 Å². The Morgan fingerprint density at radius 3 is 2.00 bits per heavy atom. The fourth-order valence-corrected chi connectivity index (χ4v) is 1.22. The first-order valence-corrected chi connectivity index (χ1v) is 3.89. The summed E-state index contributed by atoms with van der Waals surface area (Å²) < 4.78 is 15.1. The van der Waals surface area contributed by atoms with Crippen molar-refractivity contribution in [2.75, 3.05) is 0 Å². The molecule has 0 bridgehead atoms. The molecule has 0 amide bonds. The summed E-state index contributed by atoms with van der Waals surface area (Å²) in [4.78, 5) is 0. The van der Waals surface area contributed by atoms with Gasteiger partial charge >= 0.3 is 0 Å². The molecule has 0 saturated carbocycles. The molecule has 4 N–H and O–H groups in total. The monoisotopic (exact) mass is 125 g/mol. The molecule has 6 heteroatoms. The summed E-state index contributed by atoms with van der Waals surface area (Å²) in [5, 5.41) is 0. The highest BCUT2D eigenvalue weighted by atomic mass is 32.2. The lowest BCUT2D eigenvalue weighted by molar-refractivity contribution is 0.569. The third kappa shape index (κ3) is 0.746. The Morgan fingerprint density at radius 1 is 1.67 bits per heavy atom. The fraction of sp³-hybridized carbons (Fsp3) is 0. The molecular formula is H4N3OPS. The first kappa shape index (κ1) is 4.61. The van der Waals surface area contributed by atoms with Crippen molar-refractivity contribution in [2.45, 2.75) is 0 Å². The summed E-state index contributed by atoms with van der Waals surface area (Å²) in [5.41, 5.74) is 4.93. The van der Waals surface area contributed by atoms with E-state index in [4.69, 9.17) is 5.50 Å². The first-order chi connectivity index (χ1) is 2.71. The predicted molar refractivity (Wildman–Crippen MR) is 25.7 cm³/mol. The van der Waals surface area contributed by atoms with E-state index in [0.29, 0.717) is 0 Å². The van der Waals surface area contributed by atoms with E-state index in [0.717, 1.165) is 12.1 Å². The fourth-order valence-electron chi connectivity index (χ4n) is 0.136. The van der Waals surface area contributed by atoms with Gasteiger partial charge in [0.2, 0.25) is 0 Å². The predicted octanol–water partition coefficient (Wildman–Crippen LogP) is -0.191. The van der Waals surface area contributed by atoms with Gasteiger partial charge < -0.3 is 0 Å². The van der Waals surface area contributed by atoms with E-state index in [1.807, 2.05) is 0 Å². The highest BCUT2D eigenvalue weighted by Crippen LogP contribution is 2.39. The van der Waals surface area contributed by atoms with Gasteiger partial charge in [0.1, 0.15) is 0 Å². The van der Waals surface area contributed by atoms with Crippen molar-refractivity contribution in [1.29, 1.82) is 0 Å². The van der Waals surface area contributed by atoms with Crippen molar-refractivity contribution in [3.8, 4) is 0 Å². The zero-order chi connectivity index (χ0) is 4.62. The highest BCUT2D eigenvalue weighted by Gasteiger charge is 2.23. The van der Waals surface area contributed by atoms with Crippen LogP contribution in [0.4, 0.5) is 0 Å². The summed E-state index contributed by atoms with van der Waals surface area (Å²) >= 11 is 1.16. The SMILES string of the molecule is NP1(=O)NSN1. The second-order valence-electron chi connectivity index (χ2n) is 0.943. The average Bonchev–Trinajstić information content (AvgIpc) is 1.32. The molecule has 36 valence electrons. The molecule has 0 radical (unpaired) electrons. The zero-order valence-electron chi connectivity index (χ0n) is 2.84. The van der Waals surface area contributed by atoms with Gasteiger partial charge in [-0.25, -0.2) is 0 Å². The van der Waals surface area contributed by atoms with Crippen molar-refractivity contribution < 1.29 is 4.57 Å². The number of hydrogen-bond acceptors (Lipinski definition) is 2. The van der Waals surface area contributed by atoms with E-state index in [1.165, 1.54) is 0 Å². The van der Waals surface area contributed by atoms with E-state index >= 15 is 0 Å². The molecule has 1 heterocycles. The molecule has 0 aromatic heterocycles. The van der Waals surface area contributed by atoms with Crippen LogP contribution in [-0.2, 0) is 4.57 Å². The van der Waals surface area contributed by atoms with Crippen molar-refractivity contribution in [2.24, 2.45) is 5.50 Å². The minimum atomic E-state index is -2.50. The van der Waals surface area contributed by atoms with Crippen LogP contribution in [0.3, 0.4) is 0 Å². The van der Waals surface area contributed by atoms with Gasteiger partial charge in [0.05, 0.1) is 0 Å². The van der Waals surface area contributed by atoms with Crippen LogP contribution >= 0.6 is 19.7 Å². The van der Waals surface area contributed by atoms with Crippen molar-refractivity contribution in [3.63, 3.8) is 0 Å². The molecular weight excluding hydrogens is 121 g/mol. The molecule has 1 rings (SSSR count). The second kappa shape index (κ2) is 1.21. The Kier molecular flexibility index (Phi) is 0.933. The summed E-state index contributed by atoms with van der Waals surface area (Å²) in [5.74, 6) is 0. The Hall–Kier alpha value is 0.460. The summed E-state index contributed by atoms with van der Waals surface area (Å²) in [7, 11) is -2.50. The molecule has 0 aromatic carbocycles. The van der Waals surface area contributed by atoms with E-state index in [2.05, 4.69) is 8.99 Å². The topological polar surface area (TPSA) is 67.2 Å². The Balaban J connectivity index is 2.53. The number of nitrogens with two attached hydrogens (primary N) is 1. The van der Waals surface area contributed by atoms with E-state index in [-0.39, 0.29) is 0 Å². The molecule has 4 nitrogen and oxygen atoms in total. The Labute approximate surface area is 39.7 Å². The minimum absolute atomic E-state index is 1.16. The normalized spacial score (nSPS) is 28.8. The van der Waals surface area contributed by atoms with Crippen LogP contribution in [0.25, 0.3) is 0 Å². The van der Waals surface area contributed by atoms with Crippen LogP contribution in [0.5, 0.6) is 0 Å². The molecule has 1 fully saturated rings. The maximum Gasteiger partial charge on any atom is 0.297 e. The minimum Gasteiger partial charge on any atom is -0.269 e. The Morgan fingerprint density at radius 2 is 2.00 bits per heavy atom. The van der Waals surface area contributed by atoms with E-state index in [9.17, 15) is 4.57 Å². The molecule has 0 aliphatic carbocycles. The lowest BCUT2D eigenvalue weighted by atomic mass is 13.7. The lowest BCUT2D eigenvalue weighted by Gasteiger charge is -2.21. The smallest absolute Gasteiger partial charge is 0.269 e. The van der Waals surface area contributed by atoms with Crippen molar-refractivity contribution >= 4 is 19.7 Å². The molecule has 6 heavy (non-hydrogen) atoms. The number of rotatable bonds is 0. The maximum atomic E-state index is 10.2. The van der Waals surface area contributed by atoms with Gasteiger partial charge in [-0.2, -0.15) is 8.99 Å². The first-order valence-electron chi connectivity index (χ1n) is 1.30. The summed E-state index contributed by atoms with van der Waals surface area (Å²) in [6, 6.07) is 0. The molecule has 1 aliphatic heterocycles. The van der Waals surface area contributed by atoms with Gasteiger partial charge in [0.15, 0.2) is 0 Å². The second-order valence-corrected chi connectivity index (χ2v) is 3.92. The van der Waals surface area contributed by atoms with Crippen LogP contribution in [0.15, 0.2) is 0 Å². The van der Waals surface area contributed by atoms with Gasteiger partial charge in [-0.15, -0.1) is 0 Å². The third-order valence-corrected chi connectivity index (χ3v) is 3.26. The number of nitrogens with one attached hydrogen (secondary N) is 2. The van der Waals surface area contributed by atoms with Crippen molar-refractivity contribution in [1.82, 2.24) is 8.99 Å². The van der Waals surface area contributed by atoms with Crippen LogP contribution in [-0.4, -0.2) is 0 Å². The third-order valence-electron chi connectivity index (χ3n) is 0.363. The van der Waals surface area contributed by atoms with Gasteiger partial charge in [-0.05, 0) is 0 Å². The van der Waals surface area contributed by atoms with Crippen LogP contribution in [0, 0.1) is 0 Å². The molecule has 0 spiro atoms. The van der Waals surface area contributed by atoms with Crippen LogP contribution < -0.4 is 14.5 Å². The van der Waals surface area contributed by atoms with Gasteiger partial charge in [-0.3, -0.25) is 10.1 Å². The average molecular weight is 125 g/mol. The van der Waals surface area contributed by atoms with Gasteiger partial charge in [0.25, 0.3) is 7.59 Å². The molecule has 0 unspecified atom stereocenters. The van der Waals surface area contributed by atoms with E-state index in [1.54, 1.807) is 0 Å². The lowest BCUT2D eigenvalue weighted by Crippen LogP contribution is -2.31. The largest absolute Gasteiger partial charge is 0.297 e. The standard InChI is InChI=1S/H4N3OPS/c1-5(4)2-6-3-5/h(H4,1,2,3,4). The molecule has 1 saturated heterocycles. The molecule has 0 aromatic rings. The van der Waals surface area contributed by atoms with Crippen LogP contribution in [0.2, 0.25) is 0 Å². The summed E-state index contributed by atoms with van der Waals surface area (Å²) in [6.07, 6.45) is 0.